The number of benzene rings is 1. The smallest absolute Gasteiger partial charge is 0.189 e. The Bertz CT molecular complexity index is 437. The fourth-order valence-electron chi connectivity index (χ4n) is 2.54. The number of amidine groups is 1. The minimum absolute atomic E-state index is 0.320. The maximum absolute atomic E-state index is 8.85. The third-order valence-electron chi connectivity index (χ3n) is 3.58. The van der Waals surface area contributed by atoms with Crippen LogP contribution in [-0.4, -0.2) is 40.5 Å². The highest BCUT2D eigenvalue weighted by Gasteiger charge is 2.21. The molecule has 2 N–H and O–H groups in total. The van der Waals surface area contributed by atoms with Gasteiger partial charge in [0.2, 0.25) is 0 Å². The quantitative estimate of drug-likeness (QED) is 0.379. The average Bonchev–Trinajstić information content (AvgIpc) is 2.47. The van der Waals surface area contributed by atoms with Gasteiger partial charge in [-0.05, 0) is 30.7 Å². The summed E-state index contributed by atoms with van der Waals surface area (Å²) in [4.78, 5) is 1.93. The number of likely N-dealkylation sites (tertiary alicyclic amines) is 1. The van der Waals surface area contributed by atoms with E-state index >= 15 is 0 Å². The zero-order chi connectivity index (χ0) is 13.5. The second kappa shape index (κ2) is 6.78. The number of hydrogen-bond donors (Lipinski definition) is 2. The zero-order valence-electron chi connectivity index (χ0n) is 10.8. The van der Waals surface area contributed by atoms with Gasteiger partial charge in [0, 0.05) is 13.1 Å². The summed E-state index contributed by atoms with van der Waals surface area (Å²) in [6.45, 7) is 1.64. The molecule has 19 heavy (non-hydrogen) atoms. The SMILES string of the molecule is O/N=C(/C=N/O)N1CCC(Cc2ccccc2)CC1. The fourth-order valence-corrected chi connectivity index (χ4v) is 2.54. The second-order valence-electron chi connectivity index (χ2n) is 4.82. The van der Waals surface area contributed by atoms with Gasteiger partial charge in [0.15, 0.2) is 5.84 Å². The third kappa shape index (κ3) is 3.71. The molecule has 1 aromatic rings. The fraction of sp³-hybridized carbons (Fsp3) is 0.429. The summed E-state index contributed by atoms with van der Waals surface area (Å²) in [5.74, 6) is 0.977. The minimum Gasteiger partial charge on any atom is -0.411 e. The maximum atomic E-state index is 8.85. The molecule has 0 bridgehead atoms. The average molecular weight is 261 g/mol. The third-order valence-corrected chi connectivity index (χ3v) is 3.58. The van der Waals surface area contributed by atoms with E-state index < -0.39 is 0 Å². The first-order valence-corrected chi connectivity index (χ1v) is 6.52. The Morgan fingerprint density at radius 2 is 1.89 bits per heavy atom. The van der Waals surface area contributed by atoms with E-state index in [1.165, 1.54) is 5.56 Å². The van der Waals surface area contributed by atoms with Crippen molar-refractivity contribution in [2.75, 3.05) is 13.1 Å². The number of nitrogens with zero attached hydrogens (tertiary/aromatic N) is 3. The van der Waals surface area contributed by atoms with Crippen LogP contribution in [0.15, 0.2) is 40.6 Å². The molecule has 5 nitrogen and oxygen atoms in total. The first kappa shape index (κ1) is 13.4. The van der Waals surface area contributed by atoms with Crippen LogP contribution in [0, 0.1) is 5.92 Å². The lowest BCUT2D eigenvalue weighted by molar-refractivity contribution is 0.249. The normalized spacial score (nSPS) is 18.1. The summed E-state index contributed by atoms with van der Waals surface area (Å²) < 4.78 is 0. The molecule has 0 amide bonds. The Balaban J connectivity index is 1.86. The van der Waals surface area contributed by atoms with Gasteiger partial charge < -0.3 is 15.3 Å². The van der Waals surface area contributed by atoms with Crippen molar-refractivity contribution in [2.24, 2.45) is 16.2 Å². The van der Waals surface area contributed by atoms with Crippen molar-refractivity contribution in [3.8, 4) is 0 Å². The molecule has 0 aliphatic carbocycles. The van der Waals surface area contributed by atoms with Crippen molar-refractivity contribution in [1.29, 1.82) is 0 Å². The van der Waals surface area contributed by atoms with Crippen LogP contribution in [0.3, 0.4) is 0 Å². The van der Waals surface area contributed by atoms with Gasteiger partial charge in [0.05, 0.1) is 0 Å². The van der Waals surface area contributed by atoms with E-state index in [9.17, 15) is 0 Å². The molecular weight excluding hydrogens is 242 g/mol. The molecule has 1 aromatic carbocycles. The molecule has 1 aliphatic heterocycles. The summed E-state index contributed by atoms with van der Waals surface area (Å²) in [7, 11) is 0. The predicted molar refractivity (Wildman–Crippen MR) is 73.9 cm³/mol. The summed E-state index contributed by atoms with van der Waals surface area (Å²) in [6.07, 6.45) is 4.35. The molecule has 0 atom stereocenters. The molecule has 5 heteroatoms. The molecule has 1 saturated heterocycles. The van der Waals surface area contributed by atoms with E-state index in [2.05, 4.69) is 34.6 Å². The Hall–Kier alpha value is -2.04. The van der Waals surface area contributed by atoms with Gasteiger partial charge in [-0.3, -0.25) is 0 Å². The highest BCUT2D eigenvalue weighted by Crippen LogP contribution is 2.21. The van der Waals surface area contributed by atoms with Crippen LogP contribution in [0.5, 0.6) is 0 Å². The highest BCUT2D eigenvalue weighted by atomic mass is 16.4. The van der Waals surface area contributed by atoms with E-state index in [1.807, 2.05) is 11.0 Å². The Kier molecular flexibility index (Phi) is 4.78. The second-order valence-corrected chi connectivity index (χ2v) is 4.82. The molecule has 1 heterocycles. The molecule has 0 saturated carbocycles. The molecule has 0 spiro atoms. The van der Waals surface area contributed by atoms with Crippen molar-refractivity contribution in [2.45, 2.75) is 19.3 Å². The highest BCUT2D eigenvalue weighted by molar-refractivity contribution is 6.28. The summed E-state index contributed by atoms with van der Waals surface area (Å²) in [5, 5.41) is 23.4. The molecule has 0 radical (unpaired) electrons. The van der Waals surface area contributed by atoms with Gasteiger partial charge in [0.25, 0.3) is 0 Å². The molecule has 2 rings (SSSR count). The number of oxime groups is 2. The lowest BCUT2D eigenvalue weighted by Crippen LogP contribution is -2.39. The van der Waals surface area contributed by atoms with Gasteiger partial charge >= 0.3 is 0 Å². The van der Waals surface area contributed by atoms with Crippen LogP contribution in [0.1, 0.15) is 18.4 Å². The van der Waals surface area contributed by atoms with Crippen molar-refractivity contribution in [3.63, 3.8) is 0 Å². The predicted octanol–water partition coefficient (Wildman–Crippen LogP) is 2.19. The molecular formula is C14H19N3O2. The first-order chi connectivity index (χ1) is 9.33. The van der Waals surface area contributed by atoms with Gasteiger partial charge in [-0.1, -0.05) is 40.6 Å². The van der Waals surface area contributed by atoms with Crippen molar-refractivity contribution in [1.82, 2.24) is 4.90 Å². The zero-order valence-corrected chi connectivity index (χ0v) is 10.8. The van der Waals surface area contributed by atoms with Crippen LogP contribution < -0.4 is 0 Å². The molecule has 102 valence electrons. The van der Waals surface area contributed by atoms with E-state index in [0.717, 1.165) is 38.6 Å². The Labute approximate surface area is 112 Å². The number of hydrogen-bond acceptors (Lipinski definition) is 4. The van der Waals surface area contributed by atoms with Gasteiger partial charge in [0.1, 0.15) is 6.21 Å². The molecule has 0 unspecified atom stereocenters. The van der Waals surface area contributed by atoms with Gasteiger partial charge in [-0.2, -0.15) is 0 Å². The lowest BCUT2D eigenvalue weighted by Gasteiger charge is -2.32. The Morgan fingerprint density at radius 1 is 1.21 bits per heavy atom. The van der Waals surface area contributed by atoms with Crippen LogP contribution >= 0.6 is 0 Å². The van der Waals surface area contributed by atoms with Gasteiger partial charge in [-0.15, -0.1) is 0 Å². The van der Waals surface area contributed by atoms with Crippen molar-refractivity contribution >= 4 is 12.1 Å². The van der Waals surface area contributed by atoms with E-state index in [1.54, 1.807) is 0 Å². The van der Waals surface area contributed by atoms with Crippen LogP contribution in [0.25, 0.3) is 0 Å². The van der Waals surface area contributed by atoms with E-state index in [4.69, 9.17) is 10.4 Å². The number of piperidine rings is 1. The maximum Gasteiger partial charge on any atom is 0.189 e. The monoisotopic (exact) mass is 261 g/mol. The van der Waals surface area contributed by atoms with Crippen LogP contribution in [-0.2, 0) is 6.42 Å². The molecule has 0 aromatic heterocycles. The topological polar surface area (TPSA) is 68.4 Å². The van der Waals surface area contributed by atoms with Crippen LogP contribution in [0.4, 0.5) is 0 Å². The summed E-state index contributed by atoms with van der Waals surface area (Å²) >= 11 is 0. The Morgan fingerprint density at radius 3 is 2.47 bits per heavy atom. The summed E-state index contributed by atoms with van der Waals surface area (Å²) in [5.41, 5.74) is 1.37. The number of rotatable bonds is 3. The lowest BCUT2D eigenvalue weighted by atomic mass is 9.90. The van der Waals surface area contributed by atoms with E-state index in [0.29, 0.717) is 11.8 Å². The minimum atomic E-state index is 0.320. The van der Waals surface area contributed by atoms with Gasteiger partial charge in [-0.25, -0.2) is 0 Å². The largest absolute Gasteiger partial charge is 0.411 e. The first-order valence-electron chi connectivity index (χ1n) is 6.52. The standard InChI is InChI=1S/C14H19N3O2/c18-15-11-14(16-19)17-8-6-13(7-9-17)10-12-4-2-1-3-5-12/h1-5,11,13,18-19H,6-10H2/b15-11+,16-14-. The molecule has 1 fully saturated rings. The van der Waals surface area contributed by atoms with E-state index in [-0.39, 0.29) is 0 Å². The molecule has 1 aliphatic rings. The van der Waals surface area contributed by atoms with Crippen LogP contribution in [0.2, 0.25) is 0 Å². The van der Waals surface area contributed by atoms with Crippen molar-refractivity contribution in [3.05, 3.63) is 35.9 Å². The summed E-state index contributed by atoms with van der Waals surface area (Å²) in [6, 6.07) is 10.5. The van der Waals surface area contributed by atoms with Crippen molar-refractivity contribution < 1.29 is 10.4 Å².